The SMILES string of the molecule is Clc1ccc(CNC2CCN3CCCC3C2)cc1Br. The van der Waals surface area contributed by atoms with Gasteiger partial charge in [-0.1, -0.05) is 17.7 Å². The highest BCUT2D eigenvalue weighted by Crippen LogP contribution is 2.27. The lowest BCUT2D eigenvalue weighted by Gasteiger charge is -2.35. The number of fused-ring (bicyclic) bond motifs is 1. The molecule has 0 aliphatic carbocycles. The maximum Gasteiger partial charge on any atom is 0.0548 e. The molecule has 2 nitrogen and oxygen atoms in total. The van der Waals surface area contributed by atoms with Crippen LogP contribution in [0.5, 0.6) is 0 Å². The van der Waals surface area contributed by atoms with Gasteiger partial charge in [-0.05, 0) is 72.4 Å². The van der Waals surface area contributed by atoms with Gasteiger partial charge in [-0.3, -0.25) is 0 Å². The van der Waals surface area contributed by atoms with Crippen LogP contribution in [-0.4, -0.2) is 30.1 Å². The third kappa shape index (κ3) is 3.33. The van der Waals surface area contributed by atoms with Crippen molar-refractivity contribution in [3.05, 3.63) is 33.3 Å². The fraction of sp³-hybridized carbons (Fsp3) is 0.600. The van der Waals surface area contributed by atoms with Crippen LogP contribution in [0, 0.1) is 0 Å². The third-order valence-corrected chi connectivity index (χ3v) is 5.61. The Bertz CT molecular complexity index is 452. The molecule has 104 valence electrons. The van der Waals surface area contributed by atoms with E-state index in [0.29, 0.717) is 6.04 Å². The number of piperidine rings is 1. The molecule has 3 rings (SSSR count). The van der Waals surface area contributed by atoms with Crippen molar-refractivity contribution in [1.29, 1.82) is 0 Å². The quantitative estimate of drug-likeness (QED) is 0.897. The van der Waals surface area contributed by atoms with E-state index in [1.54, 1.807) is 0 Å². The highest BCUT2D eigenvalue weighted by Gasteiger charge is 2.31. The van der Waals surface area contributed by atoms with Gasteiger partial charge in [0.15, 0.2) is 0 Å². The molecule has 0 saturated carbocycles. The number of hydrogen-bond donors (Lipinski definition) is 1. The van der Waals surface area contributed by atoms with Crippen LogP contribution in [0.3, 0.4) is 0 Å². The zero-order chi connectivity index (χ0) is 13.2. The Morgan fingerprint density at radius 2 is 2.21 bits per heavy atom. The maximum absolute atomic E-state index is 6.02. The molecule has 2 aliphatic heterocycles. The number of hydrogen-bond acceptors (Lipinski definition) is 2. The van der Waals surface area contributed by atoms with Crippen molar-refractivity contribution in [3.8, 4) is 0 Å². The zero-order valence-corrected chi connectivity index (χ0v) is 13.4. The fourth-order valence-electron chi connectivity index (χ4n) is 3.32. The number of benzene rings is 1. The Kier molecular flexibility index (Phi) is 4.47. The Balaban J connectivity index is 1.53. The maximum atomic E-state index is 6.02. The summed E-state index contributed by atoms with van der Waals surface area (Å²) in [5, 5.41) is 4.49. The van der Waals surface area contributed by atoms with E-state index in [1.165, 1.54) is 44.3 Å². The van der Waals surface area contributed by atoms with Gasteiger partial charge in [-0.2, -0.15) is 0 Å². The van der Waals surface area contributed by atoms with E-state index in [2.05, 4.69) is 38.3 Å². The molecule has 0 radical (unpaired) electrons. The van der Waals surface area contributed by atoms with Gasteiger partial charge >= 0.3 is 0 Å². The topological polar surface area (TPSA) is 15.3 Å². The van der Waals surface area contributed by atoms with Crippen molar-refractivity contribution in [2.45, 2.75) is 44.3 Å². The van der Waals surface area contributed by atoms with Gasteiger partial charge in [0.25, 0.3) is 0 Å². The molecule has 2 aliphatic rings. The van der Waals surface area contributed by atoms with E-state index in [9.17, 15) is 0 Å². The summed E-state index contributed by atoms with van der Waals surface area (Å²) in [7, 11) is 0. The van der Waals surface area contributed by atoms with Crippen molar-refractivity contribution in [3.63, 3.8) is 0 Å². The summed E-state index contributed by atoms with van der Waals surface area (Å²) in [6.45, 7) is 3.53. The monoisotopic (exact) mass is 342 g/mol. The minimum atomic E-state index is 0.675. The summed E-state index contributed by atoms with van der Waals surface area (Å²) in [6, 6.07) is 7.68. The van der Waals surface area contributed by atoms with E-state index in [4.69, 9.17) is 11.6 Å². The summed E-state index contributed by atoms with van der Waals surface area (Å²) in [6.07, 6.45) is 5.38. The lowest BCUT2D eigenvalue weighted by Crippen LogP contribution is -2.45. The third-order valence-electron chi connectivity index (χ3n) is 4.40. The van der Waals surface area contributed by atoms with E-state index >= 15 is 0 Å². The van der Waals surface area contributed by atoms with Gasteiger partial charge in [0.1, 0.15) is 0 Å². The second-order valence-electron chi connectivity index (χ2n) is 5.68. The second kappa shape index (κ2) is 6.13. The molecule has 2 atom stereocenters. The summed E-state index contributed by atoms with van der Waals surface area (Å²) < 4.78 is 0.985. The van der Waals surface area contributed by atoms with Gasteiger partial charge < -0.3 is 10.2 Å². The fourth-order valence-corrected chi connectivity index (χ4v) is 3.87. The number of rotatable bonds is 3. The Morgan fingerprint density at radius 1 is 1.32 bits per heavy atom. The van der Waals surface area contributed by atoms with Crippen molar-refractivity contribution < 1.29 is 0 Å². The van der Waals surface area contributed by atoms with Gasteiger partial charge in [0, 0.05) is 23.1 Å². The molecule has 0 spiro atoms. The van der Waals surface area contributed by atoms with E-state index < -0.39 is 0 Å². The highest BCUT2D eigenvalue weighted by molar-refractivity contribution is 9.10. The zero-order valence-electron chi connectivity index (χ0n) is 11.0. The molecule has 0 amide bonds. The van der Waals surface area contributed by atoms with Gasteiger partial charge in [-0.15, -0.1) is 0 Å². The Hall–Kier alpha value is -0.0900. The average Bonchev–Trinajstić information content (AvgIpc) is 2.87. The van der Waals surface area contributed by atoms with Crippen LogP contribution in [0.25, 0.3) is 0 Å². The van der Waals surface area contributed by atoms with Gasteiger partial charge in [-0.25, -0.2) is 0 Å². The van der Waals surface area contributed by atoms with E-state index in [0.717, 1.165) is 22.1 Å². The van der Waals surface area contributed by atoms with Crippen LogP contribution >= 0.6 is 27.5 Å². The normalized spacial score (nSPS) is 27.5. The predicted molar refractivity (Wildman–Crippen MR) is 83.6 cm³/mol. The van der Waals surface area contributed by atoms with Crippen LogP contribution in [0.2, 0.25) is 5.02 Å². The highest BCUT2D eigenvalue weighted by atomic mass is 79.9. The molecule has 1 aromatic rings. The summed E-state index contributed by atoms with van der Waals surface area (Å²) in [4.78, 5) is 2.66. The van der Waals surface area contributed by atoms with Gasteiger partial charge in [0.05, 0.1) is 5.02 Å². The standard InChI is InChI=1S/C15H20BrClN2/c16-14-8-11(3-4-15(14)17)10-18-12-5-7-19-6-1-2-13(19)9-12/h3-4,8,12-13,18H,1-2,5-7,9-10H2. The van der Waals surface area contributed by atoms with Crippen molar-refractivity contribution in [2.24, 2.45) is 0 Å². The second-order valence-corrected chi connectivity index (χ2v) is 6.94. The van der Waals surface area contributed by atoms with Crippen LogP contribution in [0.15, 0.2) is 22.7 Å². The number of halogens is 2. The first-order valence-electron chi connectivity index (χ1n) is 7.14. The van der Waals surface area contributed by atoms with Crippen molar-refractivity contribution in [1.82, 2.24) is 10.2 Å². The van der Waals surface area contributed by atoms with Gasteiger partial charge in [0.2, 0.25) is 0 Å². The van der Waals surface area contributed by atoms with E-state index in [-0.39, 0.29) is 0 Å². The Morgan fingerprint density at radius 3 is 3.05 bits per heavy atom. The van der Waals surface area contributed by atoms with E-state index in [1.807, 2.05) is 6.07 Å². The lowest BCUT2D eigenvalue weighted by atomic mass is 9.97. The smallest absolute Gasteiger partial charge is 0.0548 e. The molecule has 4 heteroatoms. The lowest BCUT2D eigenvalue weighted by molar-refractivity contribution is 0.166. The van der Waals surface area contributed by atoms with Crippen molar-refractivity contribution >= 4 is 27.5 Å². The predicted octanol–water partition coefficient (Wildman–Crippen LogP) is 3.82. The van der Waals surface area contributed by atoms with Crippen LogP contribution in [0.1, 0.15) is 31.2 Å². The van der Waals surface area contributed by atoms with Crippen molar-refractivity contribution in [2.75, 3.05) is 13.1 Å². The minimum Gasteiger partial charge on any atom is -0.310 e. The first-order chi connectivity index (χ1) is 9.22. The molecule has 1 aromatic carbocycles. The molecule has 0 bridgehead atoms. The molecular formula is C15H20BrClN2. The minimum absolute atomic E-state index is 0.675. The molecule has 2 fully saturated rings. The molecule has 19 heavy (non-hydrogen) atoms. The molecular weight excluding hydrogens is 324 g/mol. The summed E-state index contributed by atoms with van der Waals surface area (Å²) in [5.74, 6) is 0. The molecule has 2 saturated heterocycles. The Labute approximate surface area is 128 Å². The number of nitrogens with zero attached hydrogens (tertiary/aromatic N) is 1. The molecule has 2 heterocycles. The molecule has 1 N–H and O–H groups in total. The summed E-state index contributed by atoms with van der Waals surface area (Å²) in [5.41, 5.74) is 1.30. The van der Waals surface area contributed by atoms with Crippen LogP contribution < -0.4 is 5.32 Å². The molecule has 0 aromatic heterocycles. The van der Waals surface area contributed by atoms with Crippen LogP contribution in [-0.2, 0) is 6.54 Å². The summed E-state index contributed by atoms with van der Waals surface area (Å²) >= 11 is 9.50. The first kappa shape index (κ1) is 13.9. The first-order valence-corrected chi connectivity index (χ1v) is 8.31. The molecule has 2 unspecified atom stereocenters. The van der Waals surface area contributed by atoms with Crippen LogP contribution in [0.4, 0.5) is 0 Å². The number of nitrogens with one attached hydrogen (secondary N) is 1. The average molecular weight is 344 g/mol. The largest absolute Gasteiger partial charge is 0.310 e.